The average molecular weight is 267 g/mol. The van der Waals surface area contributed by atoms with Gasteiger partial charge in [0.15, 0.2) is 0 Å². The van der Waals surface area contributed by atoms with Crippen molar-refractivity contribution in [3.63, 3.8) is 0 Å². The molecule has 1 aromatic carbocycles. The van der Waals surface area contributed by atoms with Crippen LogP contribution in [-0.4, -0.2) is 9.78 Å². The molecule has 0 spiro atoms. The first kappa shape index (κ1) is 10.2. The van der Waals surface area contributed by atoms with E-state index >= 15 is 0 Å². The number of aromatic nitrogens is 2. The highest BCUT2D eigenvalue weighted by molar-refractivity contribution is 9.10. The molecule has 0 aliphatic carbocycles. The van der Waals surface area contributed by atoms with Gasteiger partial charge in [-0.25, -0.2) is 0 Å². The van der Waals surface area contributed by atoms with E-state index in [0.717, 1.165) is 22.3 Å². The molecule has 1 heterocycles. The minimum atomic E-state index is -0.0670. The maximum atomic E-state index is 11.3. The summed E-state index contributed by atoms with van der Waals surface area (Å²) in [7, 11) is 0. The van der Waals surface area contributed by atoms with E-state index in [1.54, 1.807) is 6.07 Å². The molecule has 15 heavy (non-hydrogen) atoms. The Balaban J connectivity index is 2.63. The van der Waals surface area contributed by atoms with Crippen LogP contribution in [0, 0.1) is 0 Å². The van der Waals surface area contributed by atoms with Gasteiger partial charge in [-0.05, 0) is 13.0 Å². The van der Waals surface area contributed by atoms with Crippen LogP contribution in [0.15, 0.2) is 39.6 Å². The van der Waals surface area contributed by atoms with Crippen LogP contribution in [0.5, 0.6) is 0 Å². The highest BCUT2D eigenvalue weighted by Crippen LogP contribution is 2.26. The predicted molar refractivity (Wildman–Crippen MR) is 63.9 cm³/mol. The Hall–Kier alpha value is -1.29. The van der Waals surface area contributed by atoms with Crippen LogP contribution in [0.2, 0.25) is 0 Å². The van der Waals surface area contributed by atoms with Crippen molar-refractivity contribution in [2.24, 2.45) is 0 Å². The molecule has 1 aromatic heterocycles. The highest BCUT2D eigenvalue weighted by atomic mass is 79.9. The molecule has 0 amide bonds. The SMILES string of the molecule is CCn1[nH]c(=O)cc1-c1ccccc1Br. The molecule has 2 aromatic rings. The van der Waals surface area contributed by atoms with Gasteiger partial charge in [0, 0.05) is 22.6 Å². The van der Waals surface area contributed by atoms with Crippen molar-refractivity contribution in [1.82, 2.24) is 9.78 Å². The van der Waals surface area contributed by atoms with E-state index in [9.17, 15) is 4.79 Å². The summed E-state index contributed by atoms with van der Waals surface area (Å²) in [6.45, 7) is 2.75. The van der Waals surface area contributed by atoms with Gasteiger partial charge in [-0.15, -0.1) is 0 Å². The molecule has 0 aliphatic heterocycles. The normalized spacial score (nSPS) is 10.5. The van der Waals surface area contributed by atoms with Gasteiger partial charge in [0.1, 0.15) is 0 Å². The number of hydrogen-bond donors (Lipinski definition) is 1. The van der Waals surface area contributed by atoms with E-state index in [4.69, 9.17) is 0 Å². The number of hydrogen-bond acceptors (Lipinski definition) is 1. The van der Waals surface area contributed by atoms with E-state index in [1.165, 1.54) is 0 Å². The Morgan fingerprint density at radius 1 is 1.40 bits per heavy atom. The van der Waals surface area contributed by atoms with Crippen molar-refractivity contribution < 1.29 is 0 Å². The molecule has 0 fully saturated rings. The van der Waals surface area contributed by atoms with Crippen molar-refractivity contribution in [2.45, 2.75) is 13.5 Å². The van der Waals surface area contributed by atoms with Crippen molar-refractivity contribution >= 4 is 15.9 Å². The second-order valence-electron chi connectivity index (χ2n) is 3.23. The fourth-order valence-corrected chi connectivity index (χ4v) is 2.06. The summed E-state index contributed by atoms with van der Waals surface area (Å²) >= 11 is 3.48. The number of aryl methyl sites for hydroxylation is 1. The number of nitrogens with one attached hydrogen (secondary N) is 1. The summed E-state index contributed by atoms with van der Waals surface area (Å²) < 4.78 is 2.83. The maximum Gasteiger partial charge on any atom is 0.264 e. The van der Waals surface area contributed by atoms with E-state index in [0.29, 0.717) is 0 Å². The Bertz CT molecular complexity index is 527. The van der Waals surface area contributed by atoms with Gasteiger partial charge in [0.2, 0.25) is 0 Å². The molecule has 0 atom stereocenters. The molecule has 0 radical (unpaired) electrons. The van der Waals surface area contributed by atoms with E-state index in [2.05, 4.69) is 21.0 Å². The predicted octanol–water partition coefficient (Wildman–Crippen LogP) is 2.63. The second kappa shape index (κ2) is 4.06. The molecule has 2 rings (SSSR count). The fourth-order valence-electron chi connectivity index (χ4n) is 1.57. The van der Waals surface area contributed by atoms with Crippen molar-refractivity contribution in [3.8, 4) is 11.3 Å². The number of rotatable bonds is 2. The third kappa shape index (κ3) is 1.90. The quantitative estimate of drug-likeness (QED) is 0.892. The van der Waals surface area contributed by atoms with Gasteiger partial charge >= 0.3 is 0 Å². The lowest BCUT2D eigenvalue weighted by Gasteiger charge is -2.06. The lowest BCUT2D eigenvalue weighted by atomic mass is 10.1. The molecule has 0 saturated heterocycles. The number of nitrogens with zero attached hydrogens (tertiary/aromatic N) is 1. The van der Waals surface area contributed by atoms with Crippen molar-refractivity contribution in [2.75, 3.05) is 0 Å². The van der Waals surface area contributed by atoms with Gasteiger partial charge in [0.25, 0.3) is 5.56 Å². The van der Waals surface area contributed by atoms with Crippen LogP contribution in [0.4, 0.5) is 0 Å². The fraction of sp³-hybridized carbons (Fsp3) is 0.182. The molecule has 0 aliphatic rings. The molecule has 0 bridgehead atoms. The highest BCUT2D eigenvalue weighted by Gasteiger charge is 2.08. The zero-order valence-electron chi connectivity index (χ0n) is 8.33. The first-order valence-corrected chi connectivity index (χ1v) is 5.56. The van der Waals surface area contributed by atoms with Gasteiger partial charge in [-0.2, -0.15) is 0 Å². The van der Waals surface area contributed by atoms with Crippen LogP contribution in [0.25, 0.3) is 11.3 Å². The zero-order chi connectivity index (χ0) is 10.8. The van der Waals surface area contributed by atoms with Crippen molar-refractivity contribution in [1.29, 1.82) is 0 Å². The summed E-state index contributed by atoms with van der Waals surface area (Å²) in [5.41, 5.74) is 1.87. The van der Waals surface area contributed by atoms with Gasteiger partial charge in [0.05, 0.1) is 5.69 Å². The lowest BCUT2D eigenvalue weighted by molar-refractivity contribution is 0.660. The van der Waals surface area contributed by atoms with Gasteiger partial charge < -0.3 is 0 Å². The van der Waals surface area contributed by atoms with Crippen LogP contribution in [0.1, 0.15) is 6.92 Å². The second-order valence-corrected chi connectivity index (χ2v) is 4.08. The van der Waals surface area contributed by atoms with E-state index in [-0.39, 0.29) is 5.56 Å². The first-order chi connectivity index (χ1) is 7.22. The Morgan fingerprint density at radius 2 is 2.13 bits per heavy atom. The van der Waals surface area contributed by atoms with E-state index in [1.807, 2.05) is 35.9 Å². The van der Waals surface area contributed by atoms with Crippen molar-refractivity contribution in [3.05, 3.63) is 45.2 Å². The van der Waals surface area contributed by atoms with Crippen LogP contribution in [0.3, 0.4) is 0 Å². The number of H-pyrrole nitrogens is 1. The van der Waals surface area contributed by atoms with Gasteiger partial charge in [-0.3, -0.25) is 14.6 Å². The summed E-state index contributed by atoms with van der Waals surface area (Å²) in [5.74, 6) is 0. The third-order valence-electron chi connectivity index (χ3n) is 2.27. The number of aromatic amines is 1. The lowest BCUT2D eigenvalue weighted by Crippen LogP contribution is -2.04. The number of benzene rings is 1. The van der Waals surface area contributed by atoms with Crippen LogP contribution >= 0.6 is 15.9 Å². The summed E-state index contributed by atoms with van der Waals surface area (Å²) in [6.07, 6.45) is 0. The molecular formula is C11H11BrN2O. The Kier molecular flexibility index (Phi) is 2.77. The monoisotopic (exact) mass is 266 g/mol. The Morgan fingerprint density at radius 3 is 2.80 bits per heavy atom. The molecule has 1 N–H and O–H groups in total. The standard InChI is InChI=1S/C11H11BrN2O/c1-2-14-10(7-11(15)13-14)8-5-3-4-6-9(8)12/h3-7H,2H2,1H3,(H,13,15). The molecule has 4 heteroatoms. The molecule has 0 saturated carbocycles. The molecule has 0 unspecified atom stereocenters. The smallest absolute Gasteiger partial charge is 0.264 e. The number of halogens is 1. The first-order valence-electron chi connectivity index (χ1n) is 4.77. The maximum absolute atomic E-state index is 11.3. The summed E-state index contributed by atoms with van der Waals surface area (Å²) in [4.78, 5) is 11.3. The van der Waals surface area contributed by atoms with Crippen LogP contribution < -0.4 is 5.56 Å². The van der Waals surface area contributed by atoms with Crippen LogP contribution in [-0.2, 0) is 6.54 Å². The largest absolute Gasteiger partial charge is 0.285 e. The molecule has 78 valence electrons. The minimum absolute atomic E-state index is 0.0670. The third-order valence-corrected chi connectivity index (χ3v) is 2.96. The van der Waals surface area contributed by atoms with Gasteiger partial charge in [-0.1, -0.05) is 34.1 Å². The average Bonchev–Trinajstić information content (AvgIpc) is 2.60. The molecule has 3 nitrogen and oxygen atoms in total. The minimum Gasteiger partial charge on any atom is -0.285 e. The summed E-state index contributed by atoms with van der Waals surface area (Å²) in [6, 6.07) is 9.47. The molecular weight excluding hydrogens is 256 g/mol. The summed E-state index contributed by atoms with van der Waals surface area (Å²) in [5, 5.41) is 2.76. The van der Waals surface area contributed by atoms with E-state index < -0.39 is 0 Å². The zero-order valence-corrected chi connectivity index (χ0v) is 9.91. The topological polar surface area (TPSA) is 37.8 Å². The Labute approximate surface area is 95.9 Å².